The Labute approximate surface area is 128 Å². The molecule has 0 unspecified atom stereocenters. The number of rotatable bonds is 8. The van der Waals surface area contributed by atoms with Gasteiger partial charge in [-0.25, -0.2) is 0 Å². The van der Waals surface area contributed by atoms with Crippen LogP contribution in [0.2, 0.25) is 0 Å². The molecule has 0 spiro atoms. The first-order chi connectivity index (χ1) is 10.2. The number of likely N-dealkylation sites (N-methyl/N-ethyl adjacent to an activating group) is 1. The van der Waals surface area contributed by atoms with Crippen molar-refractivity contribution in [1.82, 2.24) is 10.2 Å². The lowest BCUT2D eigenvalue weighted by molar-refractivity contribution is 0.245. The summed E-state index contributed by atoms with van der Waals surface area (Å²) in [4.78, 5) is 2.45. The van der Waals surface area contributed by atoms with Crippen molar-refractivity contribution >= 4 is 0 Å². The molecule has 0 aromatic heterocycles. The Hall–Kier alpha value is -1.26. The summed E-state index contributed by atoms with van der Waals surface area (Å²) >= 11 is 0. The Kier molecular flexibility index (Phi) is 6.33. The maximum atomic E-state index is 10.1. The minimum absolute atomic E-state index is 0.260. The molecule has 118 valence electrons. The molecule has 4 nitrogen and oxygen atoms in total. The van der Waals surface area contributed by atoms with E-state index < -0.39 is 0 Å². The summed E-state index contributed by atoms with van der Waals surface area (Å²) in [7, 11) is 2.21. The molecule has 1 aromatic carbocycles. The number of nitrogens with one attached hydrogen (secondary N) is 1. The summed E-state index contributed by atoms with van der Waals surface area (Å²) in [6.07, 6.45) is 5.43. The number of phenols is 1. The molecule has 2 N–H and O–H groups in total. The van der Waals surface area contributed by atoms with E-state index in [1.165, 1.54) is 25.7 Å². The number of ether oxygens (including phenoxy) is 1. The Bertz CT molecular complexity index is 431. The number of para-hydroxylation sites is 1. The van der Waals surface area contributed by atoms with E-state index in [-0.39, 0.29) is 5.75 Å². The zero-order valence-electron chi connectivity index (χ0n) is 13.3. The first-order valence-electron chi connectivity index (χ1n) is 8.07. The normalized spacial score (nSPS) is 15.8. The van der Waals surface area contributed by atoms with Gasteiger partial charge in [-0.05, 0) is 32.9 Å². The third-order valence-electron chi connectivity index (χ3n) is 4.29. The smallest absolute Gasteiger partial charge is 0.162 e. The third kappa shape index (κ3) is 4.61. The second-order valence-corrected chi connectivity index (χ2v) is 5.79. The highest BCUT2D eigenvalue weighted by Crippen LogP contribution is 2.29. The second kappa shape index (κ2) is 8.25. The summed E-state index contributed by atoms with van der Waals surface area (Å²) in [5.74, 6) is 0.830. The van der Waals surface area contributed by atoms with Crippen LogP contribution in [0.15, 0.2) is 18.2 Å². The SMILES string of the molecule is CCOc1cccc(CNCCN(C)C2CCCC2)c1O. The maximum Gasteiger partial charge on any atom is 0.162 e. The fraction of sp³-hybridized carbons (Fsp3) is 0.647. The zero-order valence-corrected chi connectivity index (χ0v) is 13.3. The Morgan fingerprint density at radius 1 is 1.33 bits per heavy atom. The van der Waals surface area contributed by atoms with Gasteiger partial charge in [0.2, 0.25) is 0 Å². The van der Waals surface area contributed by atoms with Gasteiger partial charge in [-0.3, -0.25) is 0 Å². The second-order valence-electron chi connectivity index (χ2n) is 5.79. The molecule has 0 bridgehead atoms. The summed E-state index contributed by atoms with van der Waals surface area (Å²) in [6.45, 7) is 5.15. The van der Waals surface area contributed by atoms with Crippen LogP contribution in [-0.2, 0) is 6.54 Å². The molecule has 0 radical (unpaired) electrons. The van der Waals surface area contributed by atoms with Crippen LogP contribution in [0, 0.1) is 0 Å². The average Bonchev–Trinajstić information content (AvgIpc) is 3.01. The van der Waals surface area contributed by atoms with E-state index >= 15 is 0 Å². The molecule has 1 saturated carbocycles. The molecule has 0 atom stereocenters. The average molecular weight is 292 g/mol. The molecular formula is C17H28N2O2. The van der Waals surface area contributed by atoms with E-state index in [9.17, 15) is 5.11 Å². The fourth-order valence-corrected chi connectivity index (χ4v) is 2.99. The highest BCUT2D eigenvalue weighted by molar-refractivity contribution is 5.45. The zero-order chi connectivity index (χ0) is 15.1. The predicted octanol–water partition coefficient (Wildman–Crippen LogP) is 2.75. The van der Waals surface area contributed by atoms with Gasteiger partial charge in [0.25, 0.3) is 0 Å². The van der Waals surface area contributed by atoms with Gasteiger partial charge < -0.3 is 20.1 Å². The van der Waals surface area contributed by atoms with Gasteiger partial charge in [-0.15, -0.1) is 0 Å². The maximum absolute atomic E-state index is 10.1. The largest absolute Gasteiger partial charge is 0.504 e. The number of benzene rings is 1. The summed E-state index contributed by atoms with van der Waals surface area (Å²) < 4.78 is 5.40. The summed E-state index contributed by atoms with van der Waals surface area (Å²) in [5, 5.41) is 13.5. The van der Waals surface area contributed by atoms with E-state index in [1.807, 2.05) is 19.1 Å². The number of phenolic OH excluding ortho intramolecular Hbond substituents is 1. The topological polar surface area (TPSA) is 44.7 Å². The van der Waals surface area contributed by atoms with E-state index in [0.717, 1.165) is 24.7 Å². The minimum Gasteiger partial charge on any atom is -0.504 e. The molecule has 0 aliphatic heterocycles. The molecular weight excluding hydrogens is 264 g/mol. The van der Waals surface area contributed by atoms with Crippen molar-refractivity contribution in [2.75, 3.05) is 26.7 Å². The van der Waals surface area contributed by atoms with E-state index in [0.29, 0.717) is 18.9 Å². The first kappa shape index (κ1) is 16.1. The molecule has 0 heterocycles. The van der Waals surface area contributed by atoms with Crippen LogP contribution in [0.4, 0.5) is 0 Å². The van der Waals surface area contributed by atoms with Crippen LogP contribution in [0.1, 0.15) is 38.2 Å². The summed E-state index contributed by atoms with van der Waals surface area (Å²) in [5.41, 5.74) is 0.893. The monoisotopic (exact) mass is 292 g/mol. The minimum atomic E-state index is 0.260. The van der Waals surface area contributed by atoms with Gasteiger partial charge >= 0.3 is 0 Å². The molecule has 21 heavy (non-hydrogen) atoms. The van der Waals surface area contributed by atoms with Crippen molar-refractivity contribution in [1.29, 1.82) is 0 Å². The van der Waals surface area contributed by atoms with E-state index in [2.05, 4.69) is 17.3 Å². The van der Waals surface area contributed by atoms with Crippen LogP contribution >= 0.6 is 0 Å². The Morgan fingerprint density at radius 3 is 2.81 bits per heavy atom. The van der Waals surface area contributed by atoms with Gasteiger partial charge in [0.05, 0.1) is 6.61 Å². The summed E-state index contributed by atoms with van der Waals surface area (Å²) in [6, 6.07) is 6.43. The van der Waals surface area contributed by atoms with Crippen molar-refractivity contribution in [2.45, 2.75) is 45.2 Å². The molecule has 1 aromatic rings. The van der Waals surface area contributed by atoms with Crippen molar-refractivity contribution in [3.8, 4) is 11.5 Å². The standard InChI is InChI=1S/C17H28N2O2/c1-3-21-16-10-6-7-14(17(16)20)13-18-11-12-19(2)15-8-4-5-9-15/h6-7,10,15,18,20H,3-5,8-9,11-13H2,1-2H3. The molecule has 0 saturated heterocycles. The van der Waals surface area contributed by atoms with E-state index in [4.69, 9.17) is 4.74 Å². The highest BCUT2D eigenvalue weighted by atomic mass is 16.5. The lowest BCUT2D eigenvalue weighted by atomic mass is 10.2. The molecule has 2 rings (SSSR count). The molecule has 1 aliphatic carbocycles. The number of nitrogens with zero attached hydrogens (tertiary/aromatic N) is 1. The Balaban J connectivity index is 1.74. The number of aromatic hydroxyl groups is 1. The molecule has 4 heteroatoms. The molecule has 0 amide bonds. The lowest BCUT2D eigenvalue weighted by Crippen LogP contribution is -2.35. The van der Waals surface area contributed by atoms with Crippen molar-refractivity contribution in [3.05, 3.63) is 23.8 Å². The van der Waals surface area contributed by atoms with Crippen LogP contribution in [-0.4, -0.2) is 42.8 Å². The predicted molar refractivity (Wildman–Crippen MR) is 85.9 cm³/mol. The fourth-order valence-electron chi connectivity index (χ4n) is 2.99. The van der Waals surface area contributed by atoms with Crippen LogP contribution in [0.3, 0.4) is 0 Å². The Morgan fingerprint density at radius 2 is 2.10 bits per heavy atom. The van der Waals surface area contributed by atoms with Crippen LogP contribution < -0.4 is 10.1 Å². The van der Waals surface area contributed by atoms with Crippen molar-refractivity contribution < 1.29 is 9.84 Å². The van der Waals surface area contributed by atoms with Crippen molar-refractivity contribution in [3.63, 3.8) is 0 Å². The van der Waals surface area contributed by atoms with E-state index in [1.54, 1.807) is 6.07 Å². The number of hydrogen-bond acceptors (Lipinski definition) is 4. The lowest BCUT2D eigenvalue weighted by Gasteiger charge is -2.24. The highest BCUT2D eigenvalue weighted by Gasteiger charge is 2.18. The number of hydrogen-bond donors (Lipinski definition) is 2. The van der Waals surface area contributed by atoms with Gasteiger partial charge in [0.15, 0.2) is 11.5 Å². The quantitative estimate of drug-likeness (QED) is 0.723. The van der Waals surface area contributed by atoms with Gasteiger partial charge in [-0.1, -0.05) is 25.0 Å². The first-order valence-corrected chi connectivity index (χ1v) is 8.07. The van der Waals surface area contributed by atoms with Gasteiger partial charge in [0.1, 0.15) is 0 Å². The van der Waals surface area contributed by atoms with Crippen LogP contribution in [0.25, 0.3) is 0 Å². The van der Waals surface area contributed by atoms with Gasteiger partial charge in [0, 0.05) is 31.2 Å². The third-order valence-corrected chi connectivity index (χ3v) is 4.29. The molecule has 1 fully saturated rings. The molecule has 1 aliphatic rings. The van der Waals surface area contributed by atoms with Gasteiger partial charge in [-0.2, -0.15) is 0 Å². The van der Waals surface area contributed by atoms with Crippen molar-refractivity contribution in [2.24, 2.45) is 0 Å². The van der Waals surface area contributed by atoms with Crippen LogP contribution in [0.5, 0.6) is 11.5 Å².